The van der Waals surface area contributed by atoms with E-state index in [0.29, 0.717) is 18.5 Å². The van der Waals surface area contributed by atoms with E-state index in [9.17, 15) is 0 Å². The van der Waals surface area contributed by atoms with Crippen LogP contribution in [0.4, 0.5) is 17.5 Å². The number of nitrogens with one attached hydrogen (secondary N) is 2. The molecular formula is C27H28N8. The number of aromatic nitrogens is 6. The zero-order valence-electron chi connectivity index (χ0n) is 19.5. The van der Waals surface area contributed by atoms with Gasteiger partial charge in [0.2, 0.25) is 5.95 Å². The largest absolute Gasteiger partial charge is 0.364 e. The Hall–Kier alpha value is -4.20. The molecule has 1 aliphatic rings. The summed E-state index contributed by atoms with van der Waals surface area (Å²) in [7, 11) is 0. The highest BCUT2D eigenvalue weighted by Crippen LogP contribution is 2.32. The Balaban J connectivity index is 1.32. The van der Waals surface area contributed by atoms with Gasteiger partial charge in [0, 0.05) is 36.4 Å². The molecule has 0 saturated heterocycles. The van der Waals surface area contributed by atoms with E-state index in [1.807, 2.05) is 59.6 Å². The van der Waals surface area contributed by atoms with Crippen LogP contribution in [0, 0.1) is 0 Å². The van der Waals surface area contributed by atoms with Crippen LogP contribution in [-0.2, 0) is 6.54 Å². The van der Waals surface area contributed by atoms with Crippen LogP contribution in [0.1, 0.15) is 43.7 Å². The Labute approximate surface area is 204 Å². The first kappa shape index (κ1) is 21.3. The van der Waals surface area contributed by atoms with Gasteiger partial charge < -0.3 is 19.8 Å². The molecule has 2 N–H and O–H groups in total. The summed E-state index contributed by atoms with van der Waals surface area (Å²) in [6, 6.07) is 18.9. The Bertz CT molecular complexity index is 1380. The van der Waals surface area contributed by atoms with Crippen molar-refractivity contribution in [3.8, 4) is 5.69 Å². The second-order valence-electron chi connectivity index (χ2n) is 8.99. The number of fused-ring (bicyclic) bond motifs is 1. The quantitative estimate of drug-likeness (QED) is 0.313. The van der Waals surface area contributed by atoms with E-state index >= 15 is 0 Å². The van der Waals surface area contributed by atoms with Crippen LogP contribution in [0.15, 0.2) is 79.6 Å². The maximum absolute atomic E-state index is 4.92. The Morgan fingerprint density at radius 1 is 0.886 bits per heavy atom. The molecular weight excluding hydrogens is 436 g/mol. The number of imidazole rings is 2. The molecule has 0 atom stereocenters. The first-order chi connectivity index (χ1) is 17.3. The van der Waals surface area contributed by atoms with E-state index in [0.717, 1.165) is 28.4 Å². The fourth-order valence-corrected chi connectivity index (χ4v) is 4.76. The molecule has 0 spiro atoms. The molecule has 1 saturated carbocycles. The molecule has 0 unspecified atom stereocenters. The van der Waals surface area contributed by atoms with Crippen molar-refractivity contribution in [1.82, 2.24) is 29.1 Å². The van der Waals surface area contributed by atoms with Crippen LogP contribution in [0.5, 0.6) is 0 Å². The fourth-order valence-electron chi connectivity index (χ4n) is 4.76. The van der Waals surface area contributed by atoms with Crippen LogP contribution in [0.3, 0.4) is 0 Å². The van der Waals surface area contributed by atoms with Gasteiger partial charge in [-0.3, -0.25) is 0 Å². The molecule has 3 heterocycles. The van der Waals surface area contributed by atoms with Gasteiger partial charge in [-0.1, -0.05) is 49.6 Å². The van der Waals surface area contributed by atoms with Crippen molar-refractivity contribution < 1.29 is 0 Å². The standard InChI is InChI=1S/C27H28N8/c1-3-7-20(8-4-1)17-29-25-24-26(35(19-30-24)23-9-5-2-6-10-23)33-27(32-25)31-21-11-13-22(14-12-21)34-16-15-28-18-34/h1,3-4,7-8,11-16,18-19,23H,2,5-6,9-10,17H2,(H2,29,31,32,33). The Kier molecular flexibility index (Phi) is 5.84. The van der Waals surface area contributed by atoms with Gasteiger partial charge in [0.15, 0.2) is 17.0 Å². The molecule has 0 amide bonds. The SMILES string of the molecule is c1ccc(CNc2nc(Nc3ccc(-n4ccnc4)cc3)nc3c2ncn3C2CCCCC2)cc1. The molecule has 1 aliphatic carbocycles. The van der Waals surface area contributed by atoms with Gasteiger partial charge >= 0.3 is 0 Å². The van der Waals surface area contributed by atoms with Crippen LogP contribution >= 0.6 is 0 Å². The second kappa shape index (κ2) is 9.58. The van der Waals surface area contributed by atoms with Crippen LogP contribution in [0.25, 0.3) is 16.9 Å². The first-order valence-corrected chi connectivity index (χ1v) is 12.2. The van der Waals surface area contributed by atoms with Gasteiger partial charge in [-0.15, -0.1) is 0 Å². The van der Waals surface area contributed by atoms with Crippen molar-refractivity contribution in [2.24, 2.45) is 0 Å². The lowest BCUT2D eigenvalue weighted by Crippen LogP contribution is -2.13. The predicted molar refractivity (Wildman–Crippen MR) is 138 cm³/mol. The molecule has 2 aromatic carbocycles. The number of hydrogen-bond donors (Lipinski definition) is 2. The normalized spacial score (nSPS) is 14.3. The third kappa shape index (κ3) is 4.59. The summed E-state index contributed by atoms with van der Waals surface area (Å²) >= 11 is 0. The Morgan fingerprint density at radius 3 is 2.49 bits per heavy atom. The Morgan fingerprint density at radius 2 is 1.71 bits per heavy atom. The average Bonchev–Trinajstić information content (AvgIpc) is 3.60. The van der Waals surface area contributed by atoms with Gasteiger partial charge in [0.1, 0.15) is 0 Å². The van der Waals surface area contributed by atoms with Crippen molar-refractivity contribution in [3.63, 3.8) is 0 Å². The van der Waals surface area contributed by atoms with Crippen LogP contribution < -0.4 is 10.6 Å². The lowest BCUT2D eigenvalue weighted by Gasteiger charge is -2.23. The number of nitrogens with zero attached hydrogens (tertiary/aromatic N) is 6. The number of hydrogen-bond acceptors (Lipinski definition) is 6. The van der Waals surface area contributed by atoms with Gasteiger partial charge in [0.05, 0.1) is 12.7 Å². The fraction of sp³-hybridized carbons (Fsp3) is 0.259. The predicted octanol–water partition coefficient (Wildman–Crippen LogP) is 5.87. The summed E-state index contributed by atoms with van der Waals surface area (Å²) in [6.07, 6.45) is 13.6. The zero-order chi connectivity index (χ0) is 23.5. The topological polar surface area (TPSA) is 85.5 Å². The smallest absolute Gasteiger partial charge is 0.231 e. The van der Waals surface area contributed by atoms with Crippen LogP contribution in [-0.4, -0.2) is 29.1 Å². The molecule has 8 heteroatoms. The van der Waals surface area contributed by atoms with Gasteiger partial charge in [-0.2, -0.15) is 9.97 Å². The summed E-state index contributed by atoms with van der Waals surface area (Å²) in [5, 5.41) is 6.90. The molecule has 0 bridgehead atoms. The van der Waals surface area contributed by atoms with E-state index in [1.165, 1.54) is 37.7 Å². The van der Waals surface area contributed by atoms with Crippen molar-refractivity contribution in [3.05, 3.63) is 85.2 Å². The van der Waals surface area contributed by atoms with Crippen molar-refractivity contribution >= 4 is 28.6 Å². The van der Waals surface area contributed by atoms with Gasteiger partial charge in [0.25, 0.3) is 0 Å². The lowest BCUT2D eigenvalue weighted by molar-refractivity contribution is 0.358. The molecule has 176 valence electrons. The van der Waals surface area contributed by atoms with Crippen molar-refractivity contribution in [1.29, 1.82) is 0 Å². The summed E-state index contributed by atoms with van der Waals surface area (Å²) in [5.74, 6) is 1.30. The second-order valence-corrected chi connectivity index (χ2v) is 8.99. The summed E-state index contributed by atoms with van der Waals surface area (Å²) in [5.41, 5.74) is 4.85. The number of anilines is 3. The third-order valence-electron chi connectivity index (χ3n) is 6.62. The maximum atomic E-state index is 4.92. The maximum Gasteiger partial charge on any atom is 0.231 e. The highest BCUT2D eigenvalue weighted by Gasteiger charge is 2.21. The van der Waals surface area contributed by atoms with E-state index in [2.05, 4.69) is 32.3 Å². The van der Waals surface area contributed by atoms with E-state index in [4.69, 9.17) is 15.0 Å². The third-order valence-corrected chi connectivity index (χ3v) is 6.62. The highest BCUT2D eigenvalue weighted by molar-refractivity contribution is 5.85. The zero-order valence-corrected chi connectivity index (χ0v) is 19.5. The number of rotatable bonds is 7. The van der Waals surface area contributed by atoms with E-state index in [-0.39, 0.29) is 0 Å². The summed E-state index contributed by atoms with van der Waals surface area (Å²) in [6.45, 7) is 0.669. The molecule has 5 aromatic rings. The first-order valence-electron chi connectivity index (χ1n) is 12.2. The lowest BCUT2D eigenvalue weighted by atomic mass is 9.95. The minimum atomic E-state index is 0.438. The molecule has 0 aliphatic heterocycles. The number of benzene rings is 2. The van der Waals surface area contributed by atoms with Crippen molar-refractivity contribution in [2.45, 2.75) is 44.7 Å². The molecule has 6 rings (SSSR count). The van der Waals surface area contributed by atoms with E-state index < -0.39 is 0 Å². The monoisotopic (exact) mass is 464 g/mol. The molecule has 8 nitrogen and oxygen atoms in total. The summed E-state index contributed by atoms with van der Waals surface area (Å²) in [4.78, 5) is 18.6. The van der Waals surface area contributed by atoms with Crippen molar-refractivity contribution in [2.75, 3.05) is 10.6 Å². The van der Waals surface area contributed by atoms with Gasteiger partial charge in [-0.05, 0) is 42.7 Å². The summed E-state index contributed by atoms with van der Waals surface area (Å²) < 4.78 is 4.22. The average molecular weight is 465 g/mol. The molecule has 3 aromatic heterocycles. The minimum absolute atomic E-state index is 0.438. The molecule has 35 heavy (non-hydrogen) atoms. The molecule has 1 fully saturated rings. The van der Waals surface area contributed by atoms with E-state index in [1.54, 1.807) is 12.5 Å². The van der Waals surface area contributed by atoms with Gasteiger partial charge in [-0.25, -0.2) is 9.97 Å². The minimum Gasteiger partial charge on any atom is -0.364 e. The molecule has 0 radical (unpaired) electrons. The van der Waals surface area contributed by atoms with Crippen LogP contribution in [0.2, 0.25) is 0 Å². The highest BCUT2D eigenvalue weighted by atomic mass is 15.2.